The molecule has 2 N–H and O–H groups in total. The molecule has 1 aromatic carbocycles. The third-order valence-corrected chi connectivity index (χ3v) is 4.64. The second-order valence-electron chi connectivity index (χ2n) is 6.44. The number of thiocarbonyl (C=S) groups is 1. The molecule has 8 heteroatoms. The molecule has 0 spiro atoms. The van der Waals surface area contributed by atoms with Gasteiger partial charge in [0.05, 0.1) is 23.8 Å². The fourth-order valence-corrected chi connectivity index (χ4v) is 2.90. The monoisotopic (exact) mass is 398 g/mol. The Balaban J connectivity index is 1.46. The normalized spacial score (nSPS) is 10.7. The molecular weight excluding hydrogens is 372 g/mol. The van der Waals surface area contributed by atoms with Gasteiger partial charge in [0.1, 0.15) is 5.75 Å². The lowest BCUT2D eigenvalue weighted by Gasteiger charge is -2.08. The van der Waals surface area contributed by atoms with Gasteiger partial charge in [-0.25, -0.2) is 4.68 Å². The predicted molar refractivity (Wildman–Crippen MR) is 114 cm³/mol. The molecule has 28 heavy (non-hydrogen) atoms. The summed E-state index contributed by atoms with van der Waals surface area (Å²) in [5, 5.41) is 15.6. The van der Waals surface area contributed by atoms with Crippen molar-refractivity contribution >= 4 is 23.0 Å². The standard InChI is InChI=1S/C20H26N6OS/c1-4-16-6-8-19(9-7-16)27-14-26-13-18(11-22-26)23-20(28)21-10-17-12-25(5-2)24-15(17)3/h6-9,11-13H,4-5,10,14H2,1-3H3,(H2,21,23,28). The van der Waals surface area contributed by atoms with Crippen molar-refractivity contribution < 1.29 is 4.74 Å². The number of hydrogen-bond acceptors (Lipinski definition) is 4. The molecule has 3 rings (SSSR count). The van der Waals surface area contributed by atoms with E-state index in [0.29, 0.717) is 18.4 Å². The number of rotatable bonds is 8. The molecule has 0 aliphatic heterocycles. The second kappa shape index (κ2) is 9.36. The van der Waals surface area contributed by atoms with E-state index >= 15 is 0 Å². The van der Waals surface area contributed by atoms with Crippen LogP contribution in [-0.4, -0.2) is 24.7 Å². The first kappa shape index (κ1) is 19.9. The minimum absolute atomic E-state index is 0.336. The van der Waals surface area contributed by atoms with Crippen LogP contribution in [0.3, 0.4) is 0 Å². The zero-order valence-corrected chi connectivity index (χ0v) is 17.3. The quantitative estimate of drug-likeness (QED) is 0.566. The summed E-state index contributed by atoms with van der Waals surface area (Å²) in [7, 11) is 0. The highest BCUT2D eigenvalue weighted by Crippen LogP contribution is 2.14. The summed E-state index contributed by atoms with van der Waals surface area (Å²) in [6, 6.07) is 8.09. The van der Waals surface area contributed by atoms with Gasteiger partial charge in [-0.2, -0.15) is 10.2 Å². The molecular formula is C20H26N6OS. The number of hydrogen-bond donors (Lipinski definition) is 2. The zero-order valence-electron chi connectivity index (χ0n) is 16.5. The Labute approximate surface area is 170 Å². The van der Waals surface area contributed by atoms with E-state index in [1.54, 1.807) is 10.9 Å². The summed E-state index contributed by atoms with van der Waals surface area (Å²) < 4.78 is 9.39. The van der Waals surface area contributed by atoms with Crippen molar-refractivity contribution in [2.75, 3.05) is 5.32 Å². The maximum Gasteiger partial charge on any atom is 0.180 e. The minimum atomic E-state index is 0.336. The Hall–Kier alpha value is -2.87. The summed E-state index contributed by atoms with van der Waals surface area (Å²) in [4.78, 5) is 0. The third kappa shape index (κ3) is 5.32. The molecule has 7 nitrogen and oxygen atoms in total. The van der Waals surface area contributed by atoms with E-state index in [1.165, 1.54) is 5.56 Å². The Morgan fingerprint density at radius 2 is 1.93 bits per heavy atom. The zero-order chi connectivity index (χ0) is 19.9. The van der Waals surface area contributed by atoms with Crippen molar-refractivity contribution in [1.29, 1.82) is 0 Å². The fourth-order valence-electron chi connectivity index (χ4n) is 2.71. The van der Waals surface area contributed by atoms with Gasteiger partial charge < -0.3 is 15.4 Å². The summed E-state index contributed by atoms with van der Waals surface area (Å²) in [5.74, 6) is 0.822. The highest BCUT2D eigenvalue weighted by Gasteiger charge is 2.06. The molecule has 0 saturated heterocycles. The summed E-state index contributed by atoms with van der Waals surface area (Å²) in [6.45, 7) is 8.02. The van der Waals surface area contributed by atoms with Crippen LogP contribution in [0.1, 0.15) is 30.7 Å². The second-order valence-corrected chi connectivity index (χ2v) is 6.85. The van der Waals surface area contributed by atoms with Crippen LogP contribution in [0, 0.1) is 6.92 Å². The van der Waals surface area contributed by atoms with Gasteiger partial charge in [0, 0.05) is 24.8 Å². The van der Waals surface area contributed by atoms with E-state index in [0.717, 1.165) is 35.7 Å². The van der Waals surface area contributed by atoms with Crippen LogP contribution in [0.5, 0.6) is 5.75 Å². The highest BCUT2D eigenvalue weighted by atomic mass is 32.1. The van der Waals surface area contributed by atoms with Crippen LogP contribution >= 0.6 is 12.2 Å². The SMILES string of the molecule is CCc1ccc(OCn2cc(NC(=S)NCc3cn(CC)nc3C)cn2)cc1. The molecule has 0 aliphatic carbocycles. The van der Waals surface area contributed by atoms with Gasteiger partial charge in [-0.3, -0.25) is 4.68 Å². The Bertz CT molecular complexity index is 915. The molecule has 0 atom stereocenters. The average molecular weight is 399 g/mol. The van der Waals surface area contributed by atoms with Crippen molar-refractivity contribution in [3.05, 3.63) is 59.7 Å². The van der Waals surface area contributed by atoms with E-state index < -0.39 is 0 Å². The van der Waals surface area contributed by atoms with Crippen LogP contribution < -0.4 is 15.4 Å². The van der Waals surface area contributed by atoms with Crippen LogP contribution in [0.25, 0.3) is 0 Å². The van der Waals surface area contributed by atoms with Gasteiger partial charge in [-0.15, -0.1) is 0 Å². The van der Waals surface area contributed by atoms with Crippen molar-refractivity contribution in [1.82, 2.24) is 24.9 Å². The first-order valence-corrected chi connectivity index (χ1v) is 9.80. The minimum Gasteiger partial charge on any atom is -0.471 e. The largest absolute Gasteiger partial charge is 0.471 e. The van der Waals surface area contributed by atoms with E-state index in [9.17, 15) is 0 Å². The molecule has 0 bridgehead atoms. The maximum absolute atomic E-state index is 5.76. The molecule has 0 amide bonds. The molecule has 0 radical (unpaired) electrons. The van der Waals surface area contributed by atoms with E-state index in [-0.39, 0.29) is 0 Å². The first-order chi connectivity index (χ1) is 13.6. The molecule has 0 unspecified atom stereocenters. The van der Waals surface area contributed by atoms with Gasteiger partial charge in [0.25, 0.3) is 0 Å². The summed E-state index contributed by atoms with van der Waals surface area (Å²) in [5.41, 5.74) is 4.23. The van der Waals surface area contributed by atoms with Gasteiger partial charge >= 0.3 is 0 Å². The fraction of sp³-hybridized carbons (Fsp3) is 0.350. The number of nitrogens with zero attached hydrogens (tertiary/aromatic N) is 4. The molecule has 0 fully saturated rings. The number of anilines is 1. The average Bonchev–Trinajstić information content (AvgIpc) is 3.31. The van der Waals surface area contributed by atoms with Crippen molar-refractivity contribution in [3.8, 4) is 5.75 Å². The Morgan fingerprint density at radius 3 is 2.61 bits per heavy atom. The van der Waals surface area contributed by atoms with Crippen LogP contribution in [-0.2, 0) is 26.2 Å². The predicted octanol–water partition coefficient (Wildman–Crippen LogP) is 3.49. The third-order valence-electron chi connectivity index (χ3n) is 4.40. The Morgan fingerprint density at radius 1 is 1.14 bits per heavy atom. The van der Waals surface area contributed by atoms with Gasteiger partial charge in [0.2, 0.25) is 0 Å². The lowest BCUT2D eigenvalue weighted by molar-refractivity contribution is 0.221. The van der Waals surface area contributed by atoms with Crippen molar-refractivity contribution in [2.24, 2.45) is 0 Å². The lowest BCUT2D eigenvalue weighted by Crippen LogP contribution is -2.27. The lowest BCUT2D eigenvalue weighted by atomic mass is 10.2. The van der Waals surface area contributed by atoms with Gasteiger partial charge in [-0.05, 0) is 50.2 Å². The molecule has 2 heterocycles. The first-order valence-electron chi connectivity index (χ1n) is 9.39. The van der Waals surface area contributed by atoms with E-state index in [2.05, 4.69) is 46.8 Å². The molecule has 148 valence electrons. The van der Waals surface area contributed by atoms with Gasteiger partial charge in [-0.1, -0.05) is 19.1 Å². The highest BCUT2D eigenvalue weighted by molar-refractivity contribution is 7.80. The molecule has 2 aromatic heterocycles. The smallest absolute Gasteiger partial charge is 0.180 e. The van der Waals surface area contributed by atoms with E-state index in [1.807, 2.05) is 36.1 Å². The topological polar surface area (TPSA) is 68.9 Å². The summed E-state index contributed by atoms with van der Waals surface area (Å²) >= 11 is 5.37. The van der Waals surface area contributed by atoms with Gasteiger partial charge in [0.15, 0.2) is 11.8 Å². The number of aryl methyl sites for hydroxylation is 3. The van der Waals surface area contributed by atoms with Crippen LogP contribution in [0.2, 0.25) is 0 Å². The molecule has 3 aromatic rings. The molecule has 0 aliphatic rings. The van der Waals surface area contributed by atoms with Crippen LogP contribution in [0.15, 0.2) is 42.9 Å². The van der Waals surface area contributed by atoms with E-state index in [4.69, 9.17) is 17.0 Å². The number of benzene rings is 1. The van der Waals surface area contributed by atoms with Crippen LogP contribution in [0.4, 0.5) is 5.69 Å². The number of nitrogens with one attached hydrogen (secondary N) is 2. The molecule has 0 saturated carbocycles. The Kier molecular flexibility index (Phi) is 6.65. The number of aromatic nitrogens is 4. The summed E-state index contributed by atoms with van der Waals surface area (Å²) in [6.07, 6.45) is 6.63. The van der Waals surface area contributed by atoms with Crippen molar-refractivity contribution in [3.63, 3.8) is 0 Å². The van der Waals surface area contributed by atoms with Crippen molar-refractivity contribution in [2.45, 2.75) is 47.0 Å². The number of ether oxygens (including phenoxy) is 1. The maximum atomic E-state index is 5.76.